The van der Waals surface area contributed by atoms with E-state index >= 15 is 0 Å². The molecule has 0 aromatic rings. The van der Waals surface area contributed by atoms with Crippen LogP contribution in [0.1, 0.15) is 118 Å². The highest BCUT2D eigenvalue weighted by atomic mass is 79.9. The molecule has 22 heavy (non-hydrogen) atoms. The predicted octanol–water partition coefficient (Wildman–Crippen LogP) is 8.34. The maximum Gasteiger partial charge on any atom is -0.0122 e. The van der Waals surface area contributed by atoms with Crippen LogP contribution in [0.5, 0.6) is 0 Å². The van der Waals surface area contributed by atoms with Crippen LogP contribution in [-0.2, 0) is 0 Å². The summed E-state index contributed by atoms with van der Waals surface area (Å²) in [7, 11) is 3.35. The second kappa shape index (κ2) is 16.8. The van der Waals surface area contributed by atoms with Gasteiger partial charge in [-0.1, -0.05) is 91.9 Å². The molecule has 0 N–H and O–H groups in total. The molecule has 0 nitrogen and oxygen atoms in total. The van der Waals surface area contributed by atoms with E-state index in [9.17, 15) is 0 Å². The minimum Gasteiger partial charge on any atom is -0.131 e. The van der Waals surface area contributed by atoms with Crippen molar-refractivity contribution in [3.63, 3.8) is 0 Å². The summed E-state index contributed by atoms with van der Waals surface area (Å²) in [5.74, 6) is 0.942. The van der Waals surface area contributed by atoms with Crippen molar-refractivity contribution in [2.45, 2.75) is 123 Å². The van der Waals surface area contributed by atoms with Crippen molar-refractivity contribution in [3.05, 3.63) is 0 Å². The Balaban J connectivity index is 0. The Labute approximate surface area is 155 Å². The zero-order valence-corrected chi connectivity index (χ0v) is 18.8. The monoisotopic (exact) mass is 394 g/mol. The lowest BCUT2D eigenvalue weighted by Crippen LogP contribution is -2.32. The average molecular weight is 395 g/mol. The molecule has 0 saturated heterocycles. The number of rotatable bonds is 15. The molecule has 0 spiro atoms. The van der Waals surface area contributed by atoms with Gasteiger partial charge >= 0.3 is 0 Å². The molecule has 2 unspecified atom stereocenters. The zero-order valence-electron chi connectivity index (χ0n) is 16.0. The minimum atomic E-state index is 0. The molecule has 2 atom stereocenters. The normalized spacial score (nSPS) is 13.0. The molecular weight excluding hydrogens is 351 g/mol. The Morgan fingerprint density at radius 1 is 0.636 bits per heavy atom. The van der Waals surface area contributed by atoms with Gasteiger partial charge in [0.15, 0.2) is 0 Å². The van der Waals surface area contributed by atoms with Crippen LogP contribution in [0.2, 0.25) is 0 Å². The standard InChI is InChI=1S/C20H43P.BrH/c1-5-9-13-14-16-19(15-10-6-2)20(21,17-11-7-3)18-12-8-4;/h19H,5-18,21H2,1-4H3;1H. The van der Waals surface area contributed by atoms with Gasteiger partial charge < -0.3 is 0 Å². The molecule has 0 heterocycles. The largest absolute Gasteiger partial charge is 0.131 e. The molecule has 0 aliphatic carbocycles. The zero-order chi connectivity index (χ0) is 16.0. The Morgan fingerprint density at radius 3 is 1.55 bits per heavy atom. The molecule has 0 aromatic heterocycles. The van der Waals surface area contributed by atoms with Crippen LogP contribution >= 0.6 is 26.2 Å². The molecule has 2 heteroatoms. The van der Waals surface area contributed by atoms with Crippen LogP contribution in [0.4, 0.5) is 0 Å². The van der Waals surface area contributed by atoms with E-state index in [1.54, 1.807) is 0 Å². The van der Waals surface area contributed by atoms with Crippen LogP contribution in [0.15, 0.2) is 0 Å². The Kier molecular flexibility index (Phi) is 19.2. The quantitative estimate of drug-likeness (QED) is 0.193. The highest BCUT2D eigenvalue weighted by Gasteiger charge is 2.32. The van der Waals surface area contributed by atoms with Gasteiger partial charge in [0, 0.05) is 0 Å². The second-order valence-corrected chi connectivity index (χ2v) is 8.28. The van der Waals surface area contributed by atoms with Crippen LogP contribution in [0, 0.1) is 5.92 Å². The third kappa shape index (κ3) is 11.4. The molecular formula is C20H44BrP. The molecule has 0 aliphatic heterocycles. The lowest BCUT2D eigenvalue weighted by atomic mass is 9.77. The third-order valence-electron chi connectivity index (χ3n) is 5.12. The van der Waals surface area contributed by atoms with Crippen molar-refractivity contribution in [1.29, 1.82) is 0 Å². The van der Waals surface area contributed by atoms with Gasteiger partial charge in [0.25, 0.3) is 0 Å². The Morgan fingerprint density at radius 2 is 1.09 bits per heavy atom. The van der Waals surface area contributed by atoms with Crippen molar-refractivity contribution in [2.75, 3.05) is 0 Å². The molecule has 136 valence electrons. The van der Waals surface area contributed by atoms with Crippen LogP contribution in [-0.4, -0.2) is 5.16 Å². The highest BCUT2D eigenvalue weighted by Crippen LogP contribution is 2.43. The van der Waals surface area contributed by atoms with Gasteiger partial charge in [0.1, 0.15) is 0 Å². The van der Waals surface area contributed by atoms with Gasteiger partial charge in [-0.05, 0) is 36.8 Å². The summed E-state index contributed by atoms with van der Waals surface area (Å²) in [6.45, 7) is 9.34. The lowest BCUT2D eigenvalue weighted by molar-refractivity contribution is 0.275. The van der Waals surface area contributed by atoms with Gasteiger partial charge in [-0.15, -0.1) is 26.2 Å². The maximum absolute atomic E-state index is 3.35. The summed E-state index contributed by atoms with van der Waals surface area (Å²) >= 11 is 0. The maximum atomic E-state index is 3.35. The van der Waals surface area contributed by atoms with E-state index in [-0.39, 0.29) is 17.0 Å². The second-order valence-electron chi connectivity index (χ2n) is 7.13. The molecule has 0 saturated carbocycles. The van der Waals surface area contributed by atoms with E-state index in [0.717, 1.165) is 5.92 Å². The van der Waals surface area contributed by atoms with Gasteiger partial charge in [-0.25, -0.2) is 0 Å². The number of unbranched alkanes of at least 4 members (excludes halogenated alkanes) is 6. The SMILES string of the molecule is Br.CCCCCCC(CCCC)C(P)(CCCC)CCCC. The first-order valence-electron chi connectivity index (χ1n) is 9.93. The summed E-state index contributed by atoms with van der Waals surface area (Å²) in [4.78, 5) is 0. The number of hydrogen-bond donors (Lipinski definition) is 0. The third-order valence-corrected chi connectivity index (χ3v) is 6.17. The van der Waals surface area contributed by atoms with Gasteiger partial charge in [-0.3, -0.25) is 0 Å². The number of halogens is 1. The topological polar surface area (TPSA) is 0 Å². The number of hydrogen-bond acceptors (Lipinski definition) is 0. The Bertz CT molecular complexity index is 210. The lowest BCUT2D eigenvalue weighted by Gasteiger charge is -2.39. The van der Waals surface area contributed by atoms with Crippen molar-refractivity contribution < 1.29 is 0 Å². The van der Waals surface area contributed by atoms with Crippen molar-refractivity contribution in [1.82, 2.24) is 0 Å². The van der Waals surface area contributed by atoms with Gasteiger partial charge in [0.2, 0.25) is 0 Å². The van der Waals surface area contributed by atoms with E-state index < -0.39 is 0 Å². The molecule has 0 fully saturated rings. The molecule has 0 bridgehead atoms. The van der Waals surface area contributed by atoms with E-state index in [2.05, 4.69) is 36.9 Å². The van der Waals surface area contributed by atoms with Crippen molar-refractivity contribution in [2.24, 2.45) is 5.92 Å². The van der Waals surface area contributed by atoms with E-state index in [0.29, 0.717) is 5.16 Å². The predicted molar refractivity (Wildman–Crippen MR) is 114 cm³/mol. The van der Waals surface area contributed by atoms with Crippen LogP contribution < -0.4 is 0 Å². The Hall–Kier alpha value is 0.910. The van der Waals surface area contributed by atoms with Crippen LogP contribution in [0.3, 0.4) is 0 Å². The molecule has 0 rings (SSSR count). The molecule has 0 aliphatic rings. The fourth-order valence-corrected chi connectivity index (χ4v) is 4.27. The molecule has 0 aromatic carbocycles. The highest BCUT2D eigenvalue weighted by molar-refractivity contribution is 8.93. The molecule has 0 radical (unpaired) electrons. The van der Waals surface area contributed by atoms with Crippen LogP contribution in [0.25, 0.3) is 0 Å². The van der Waals surface area contributed by atoms with Crippen molar-refractivity contribution >= 4 is 26.2 Å². The van der Waals surface area contributed by atoms with E-state index in [1.807, 2.05) is 0 Å². The summed E-state index contributed by atoms with van der Waals surface area (Å²) in [6, 6.07) is 0. The van der Waals surface area contributed by atoms with Crippen molar-refractivity contribution in [3.8, 4) is 0 Å². The summed E-state index contributed by atoms with van der Waals surface area (Å²) in [6.07, 6.45) is 19.8. The average Bonchev–Trinajstić information content (AvgIpc) is 2.50. The molecule has 0 amide bonds. The van der Waals surface area contributed by atoms with Gasteiger partial charge in [-0.2, -0.15) is 0 Å². The fraction of sp³-hybridized carbons (Fsp3) is 1.00. The first-order valence-corrected chi connectivity index (χ1v) is 10.5. The first-order chi connectivity index (χ1) is 10.1. The van der Waals surface area contributed by atoms with Gasteiger partial charge in [0.05, 0.1) is 0 Å². The summed E-state index contributed by atoms with van der Waals surface area (Å²) in [5.41, 5.74) is 0. The minimum absolute atomic E-state index is 0. The van der Waals surface area contributed by atoms with E-state index in [1.165, 1.54) is 89.9 Å². The fourth-order valence-electron chi connectivity index (χ4n) is 3.53. The first kappa shape index (κ1) is 25.2. The van der Waals surface area contributed by atoms with E-state index in [4.69, 9.17) is 0 Å². The summed E-state index contributed by atoms with van der Waals surface area (Å²) in [5, 5.41) is 0.535. The smallest absolute Gasteiger partial charge is 0.0122 e. The summed E-state index contributed by atoms with van der Waals surface area (Å²) < 4.78 is 0.